The molecule has 162 valence electrons. The molecule has 1 unspecified atom stereocenters. The molecular formula is C22H19F3N2O4. The lowest BCUT2D eigenvalue weighted by atomic mass is 10.1. The molecule has 0 radical (unpaired) electrons. The normalized spacial score (nSPS) is 12.4. The zero-order valence-electron chi connectivity index (χ0n) is 16.5. The number of rotatable bonds is 7. The SMILES string of the molecule is CC(OC(=O)c1ccc(COCC(F)(F)F)cc1)C(=O)Nc1cccc2ncccc12. The summed E-state index contributed by atoms with van der Waals surface area (Å²) < 4.78 is 46.1. The summed E-state index contributed by atoms with van der Waals surface area (Å²) in [6, 6.07) is 14.6. The molecule has 0 fully saturated rings. The van der Waals surface area contributed by atoms with E-state index < -0.39 is 30.8 Å². The zero-order valence-corrected chi connectivity index (χ0v) is 16.5. The summed E-state index contributed by atoms with van der Waals surface area (Å²) in [6.07, 6.45) is -3.83. The van der Waals surface area contributed by atoms with Gasteiger partial charge < -0.3 is 14.8 Å². The number of aromatic nitrogens is 1. The largest absolute Gasteiger partial charge is 0.449 e. The van der Waals surface area contributed by atoms with E-state index in [0.29, 0.717) is 16.8 Å². The number of pyridine rings is 1. The number of amides is 1. The minimum atomic E-state index is -4.40. The molecule has 6 nitrogen and oxygen atoms in total. The highest BCUT2D eigenvalue weighted by Crippen LogP contribution is 2.22. The van der Waals surface area contributed by atoms with Gasteiger partial charge in [0.2, 0.25) is 0 Å². The molecule has 0 aliphatic rings. The first kappa shape index (κ1) is 22.2. The second-order valence-corrected chi connectivity index (χ2v) is 6.72. The zero-order chi connectivity index (χ0) is 22.4. The molecule has 0 aliphatic carbocycles. The molecule has 0 bridgehead atoms. The second-order valence-electron chi connectivity index (χ2n) is 6.72. The van der Waals surface area contributed by atoms with E-state index in [1.807, 2.05) is 12.1 Å². The summed E-state index contributed by atoms with van der Waals surface area (Å²) in [5, 5.41) is 3.47. The summed E-state index contributed by atoms with van der Waals surface area (Å²) >= 11 is 0. The van der Waals surface area contributed by atoms with Crippen LogP contribution in [0.25, 0.3) is 10.9 Å². The Balaban J connectivity index is 1.56. The van der Waals surface area contributed by atoms with Gasteiger partial charge in [0.1, 0.15) is 6.61 Å². The van der Waals surface area contributed by atoms with E-state index in [-0.39, 0.29) is 12.2 Å². The molecule has 0 aliphatic heterocycles. The molecule has 1 atom stereocenters. The topological polar surface area (TPSA) is 77.5 Å². The summed E-state index contributed by atoms with van der Waals surface area (Å²) in [4.78, 5) is 29.0. The van der Waals surface area contributed by atoms with Crippen LogP contribution in [0.5, 0.6) is 0 Å². The van der Waals surface area contributed by atoms with Crippen molar-refractivity contribution >= 4 is 28.5 Å². The lowest BCUT2D eigenvalue weighted by molar-refractivity contribution is -0.176. The molecule has 0 saturated carbocycles. The van der Waals surface area contributed by atoms with Gasteiger partial charge in [0.25, 0.3) is 5.91 Å². The highest BCUT2D eigenvalue weighted by atomic mass is 19.4. The predicted octanol–water partition coefficient (Wildman–Crippen LogP) is 4.50. The number of nitrogens with one attached hydrogen (secondary N) is 1. The van der Waals surface area contributed by atoms with E-state index in [2.05, 4.69) is 15.0 Å². The van der Waals surface area contributed by atoms with Crippen LogP contribution < -0.4 is 5.32 Å². The van der Waals surface area contributed by atoms with Crippen molar-refractivity contribution in [2.24, 2.45) is 0 Å². The average molecular weight is 432 g/mol. The standard InChI is InChI=1S/C22H19F3N2O4/c1-14(20(28)27-19-6-2-5-18-17(19)4-3-11-26-18)31-21(29)16-9-7-15(8-10-16)12-30-13-22(23,24)25/h2-11,14H,12-13H2,1H3,(H,27,28). The minimum Gasteiger partial charge on any atom is -0.449 e. The van der Waals surface area contributed by atoms with Gasteiger partial charge in [-0.1, -0.05) is 18.2 Å². The van der Waals surface area contributed by atoms with Crippen LogP contribution in [0.1, 0.15) is 22.8 Å². The minimum absolute atomic E-state index is 0.161. The van der Waals surface area contributed by atoms with Gasteiger partial charge in [-0.15, -0.1) is 0 Å². The fraction of sp³-hybridized carbons (Fsp3) is 0.227. The first-order valence-corrected chi connectivity index (χ1v) is 9.32. The molecule has 3 rings (SSSR count). The van der Waals surface area contributed by atoms with E-state index in [4.69, 9.17) is 4.74 Å². The summed E-state index contributed by atoms with van der Waals surface area (Å²) in [5.74, 6) is -1.24. The number of carbonyl (C=O) groups is 2. The maximum absolute atomic E-state index is 12.5. The van der Waals surface area contributed by atoms with Crippen LogP contribution >= 0.6 is 0 Å². The van der Waals surface area contributed by atoms with Gasteiger partial charge in [0.05, 0.1) is 23.4 Å². The first-order chi connectivity index (χ1) is 14.7. The number of esters is 1. The van der Waals surface area contributed by atoms with Gasteiger partial charge in [0, 0.05) is 11.6 Å². The molecular weight excluding hydrogens is 413 g/mol. The van der Waals surface area contributed by atoms with Gasteiger partial charge in [-0.05, 0) is 48.9 Å². The number of nitrogens with zero attached hydrogens (tertiary/aromatic N) is 1. The number of carbonyl (C=O) groups excluding carboxylic acids is 2. The van der Waals surface area contributed by atoms with E-state index in [1.54, 1.807) is 24.4 Å². The molecule has 1 N–H and O–H groups in total. The van der Waals surface area contributed by atoms with Gasteiger partial charge in [-0.2, -0.15) is 13.2 Å². The number of fused-ring (bicyclic) bond motifs is 1. The number of ether oxygens (including phenoxy) is 2. The molecule has 3 aromatic rings. The van der Waals surface area contributed by atoms with Gasteiger partial charge >= 0.3 is 12.1 Å². The molecule has 1 amide bonds. The van der Waals surface area contributed by atoms with Crippen LogP contribution in [0.3, 0.4) is 0 Å². The highest BCUT2D eigenvalue weighted by Gasteiger charge is 2.27. The fourth-order valence-corrected chi connectivity index (χ4v) is 2.75. The molecule has 31 heavy (non-hydrogen) atoms. The van der Waals surface area contributed by atoms with Crippen LogP contribution in [0.2, 0.25) is 0 Å². The van der Waals surface area contributed by atoms with Crippen LogP contribution in [-0.2, 0) is 20.9 Å². The van der Waals surface area contributed by atoms with Crippen LogP contribution in [0.15, 0.2) is 60.8 Å². The first-order valence-electron chi connectivity index (χ1n) is 9.32. The third-order valence-electron chi connectivity index (χ3n) is 4.28. The second kappa shape index (κ2) is 9.57. The van der Waals surface area contributed by atoms with Crippen molar-refractivity contribution in [2.75, 3.05) is 11.9 Å². The van der Waals surface area contributed by atoms with Gasteiger partial charge in [-0.25, -0.2) is 4.79 Å². The Hall–Kier alpha value is -3.46. The number of hydrogen-bond donors (Lipinski definition) is 1. The van der Waals surface area contributed by atoms with Crippen molar-refractivity contribution in [1.29, 1.82) is 0 Å². The number of hydrogen-bond acceptors (Lipinski definition) is 5. The molecule has 1 heterocycles. The average Bonchev–Trinajstić information content (AvgIpc) is 2.73. The van der Waals surface area contributed by atoms with Crippen molar-refractivity contribution in [3.63, 3.8) is 0 Å². The predicted molar refractivity (Wildman–Crippen MR) is 107 cm³/mol. The smallest absolute Gasteiger partial charge is 0.411 e. The van der Waals surface area contributed by atoms with E-state index in [1.165, 1.54) is 31.2 Å². The lowest BCUT2D eigenvalue weighted by Crippen LogP contribution is -2.30. The van der Waals surface area contributed by atoms with Crippen molar-refractivity contribution in [1.82, 2.24) is 4.98 Å². The van der Waals surface area contributed by atoms with Crippen molar-refractivity contribution in [3.8, 4) is 0 Å². The molecule has 1 aromatic heterocycles. The van der Waals surface area contributed by atoms with Crippen molar-refractivity contribution in [3.05, 3.63) is 71.9 Å². The molecule has 9 heteroatoms. The highest BCUT2D eigenvalue weighted by molar-refractivity contribution is 6.03. The number of halogens is 3. The Morgan fingerprint density at radius 2 is 1.81 bits per heavy atom. The number of benzene rings is 2. The van der Waals surface area contributed by atoms with Crippen LogP contribution in [0.4, 0.5) is 18.9 Å². The number of alkyl halides is 3. The van der Waals surface area contributed by atoms with E-state index in [9.17, 15) is 22.8 Å². The monoisotopic (exact) mass is 432 g/mol. The van der Waals surface area contributed by atoms with Gasteiger partial charge in [-0.3, -0.25) is 9.78 Å². The third-order valence-corrected chi connectivity index (χ3v) is 4.28. The summed E-state index contributed by atoms with van der Waals surface area (Å²) in [7, 11) is 0. The summed E-state index contributed by atoms with van der Waals surface area (Å²) in [6.45, 7) is -0.153. The Bertz CT molecular complexity index is 1060. The third kappa shape index (κ3) is 6.26. The Labute approximate surface area is 176 Å². The van der Waals surface area contributed by atoms with E-state index >= 15 is 0 Å². The van der Waals surface area contributed by atoms with Gasteiger partial charge in [0.15, 0.2) is 6.10 Å². The van der Waals surface area contributed by atoms with Crippen molar-refractivity contribution < 1.29 is 32.2 Å². The van der Waals surface area contributed by atoms with Crippen LogP contribution in [-0.4, -0.2) is 35.7 Å². The maximum Gasteiger partial charge on any atom is 0.411 e. The Morgan fingerprint density at radius 1 is 1.06 bits per heavy atom. The van der Waals surface area contributed by atoms with Crippen molar-refractivity contribution in [2.45, 2.75) is 25.8 Å². The Morgan fingerprint density at radius 3 is 2.52 bits per heavy atom. The Kier molecular flexibility index (Phi) is 6.86. The fourth-order valence-electron chi connectivity index (χ4n) is 2.75. The molecule has 2 aromatic carbocycles. The summed E-state index contributed by atoms with van der Waals surface area (Å²) in [5.41, 5.74) is 1.88. The number of anilines is 1. The lowest BCUT2D eigenvalue weighted by Gasteiger charge is -2.15. The quantitative estimate of drug-likeness (QED) is 0.557. The maximum atomic E-state index is 12.5. The molecule has 0 saturated heterocycles. The van der Waals surface area contributed by atoms with Crippen LogP contribution in [0, 0.1) is 0 Å². The molecule has 0 spiro atoms. The van der Waals surface area contributed by atoms with E-state index in [0.717, 1.165) is 5.39 Å².